The molecule has 1 N–H and O–H groups in total. The van der Waals surface area contributed by atoms with Crippen LogP contribution < -0.4 is 0 Å². The van der Waals surface area contributed by atoms with Crippen LogP contribution in [0.15, 0.2) is 0 Å². The summed E-state index contributed by atoms with van der Waals surface area (Å²) >= 11 is 0. The van der Waals surface area contributed by atoms with Gasteiger partial charge in [0.1, 0.15) is 0 Å². The Bertz CT molecular complexity index is 208. The maximum atomic E-state index is 10.6. The van der Waals surface area contributed by atoms with Gasteiger partial charge in [0.15, 0.2) is 0 Å². The van der Waals surface area contributed by atoms with Crippen LogP contribution in [-0.2, 0) is 9.53 Å². The second-order valence-electron chi connectivity index (χ2n) is 4.36. The normalized spacial score (nSPS) is 25.1. The molecule has 1 rings (SSSR count). The Morgan fingerprint density at radius 3 is 3.00 bits per heavy atom. The van der Waals surface area contributed by atoms with Crippen molar-refractivity contribution >= 4 is 5.97 Å². The van der Waals surface area contributed by atoms with Gasteiger partial charge in [0, 0.05) is 19.6 Å². The molecule has 1 aliphatic rings. The van der Waals surface area contributed by atoms with Gasteiger partial charge in [0.25, 0.3) is 0 Å². The summed E-state index contributed by atoms with van der Waals surface area (Å²) in [7, 11) is 0. The summed E-state index contributed by atoms with van der Waals surface area (Å²) < 4.78 is 5.41. The molecule has 0 aromatic heterocycles. The van der Waals surface area contributed by atoms with E-state index in [2.05, 4.69) is 18.7 Å². The lowest BCUT2D eigenvalue weighted by Crippen LogP contribution is -2.44. The second kappa shape index (κ2) is 6.08. The predicted molar refractivity (Wildman–Crippen MR) is 57.9 cm³/mol. The van der Waals surface area contributed by atoms with Crippen LogP contribution in [0.4, 0.5) is 0 Å². The molecule has 0 radical (unpaired) electrons. The molecule has 2 atom stereocenters. The number of carboxylic acid groups (broad SMARTS) is 1. The number of nitrogens with zero attached hydrogens (tertiary/aromatic N) is 1. The molecule has 4 nitrogen and oxygen atoms in total. The third-order valence-electron chi connectivity index (χ3n) is 2.89. The second-order valence-corrected chi connectivity index (χ2v) is 4.36. The Morgan fingerprint density at radius 1 is 1.67 bits per heavy atom. The first-order valence-corrected chi connectivity index (χ1v) is 5.67. The zero-order chi connectivity index (χ0) is 11.3. The van der Waals surface area contributed by atoms with E-state index >= 15 is 0 Å². The van der Waals surface area contributed by atoms with Gasteiger partial charge in [0.05, 0.1) is 19.1 Å². The van der Waals surface area contributed by atoms with Gasteiger partial charge in [-0.2, -0.15) is 0 Å². The monoisotopic (exact) mass is 215 g/mol. The first-order chi connectivity index (χ1) is 7.11. The van der Waals surface area contributed by atoms with Crippen molar-refractivity contribution in [1.82, 2.24) is 4.90 Å². The molecule has 15 heavy (non-hydrogen) atoms. The third-order valence-corrected chi connectivity index (χ3v) is 2.89. The Hall–Kier alpha value is -0.610. The van der Waals surface area contributed by atoms with Crippen molar-refractivity contribution < 1.29 is 14.6 Å². The molecule has 1 saturated heterocycles. The van der Waals surface area contributed by atoms with Crippen LogP contribution >= 0.6 is 0 Å². The average Bonchev–Trinajstić information content (AvgIpc) is 2.17. The molecule has 0 aromatic carbocycles. The first kappa shape index (κ1) is 12.5. The van der Waals surface area contributed by atoms with E-state index in [1.807, 2.05) is 0 Å². The van der Waals surface area contributed by atoms with E-state index in [9.17, 15) is 4.79 Å². The first-order valence-electron chi connectivity index (χ1n) is 5.67. The fraction of sp³-hybridized carbons (Fsp3) is 0.909. The van der Waals surface area contributed by atoms with Crippen LogP contribution in [0.5, 0.6) is 0 Å². The van der Waals surface area contributed by atoms with Gasteiger partial charge in [-0.1, -0.05) is 20.3 Å². The summed E-state index contributed by atoms with van der Waals surface area (Å²) in [5.41, 5.74) is 0. The standard InChI is InChI=1S/C11H21NO3/c1-3-9(2)7-12-4-5-15-10(8-12)6-11(13)14/h9-10H,3-8H2,1-2H3,(H,13,14). The van der Waals surface area contributed by atoms with Crippen LogP contribution in [0, 0.1) is 5.92 Å². The molecule has 0 saturated carbocycles. The highest BCUT2D eigenvalue weighted by Crippen LogP contribution is 2.12. The largest absolute Gasteiger partial charge is 0.481 e. The molecule has 0 amide bonds. The minimum atomic E-state index is -0.773. The highest BCUT2D eigenvalue weighted by molar-refractivity contribution is 5.67. The Balaban J connectivity index is 2.31. The number of ether oxygens (including phenoxy) is 1. The van der Waals surface area contributed by atoms with Crippen LogP contribution in [0.3, 0.4) is 0 Å². The van der Waals surface area contributed by atoms with Crippen molar-refractivity contribution in [2.75, 3.05) is 26.2 Å². The average molecular weight is 215 g/mol. The third kappa shape index (κ3) is 4.62. The topological polar surface area (TPSA) is 49.8 Å². The summed E-state index contributed by atoms with van der Waals surface area (Å²) in [6.07, 6.45) is 1.16. The molecule has 1 aliphatic heterocycles. The van der Waals surface area contributed by atoms with Crippen molar-refractivity contribution in [2.24, 2.45) is 5.92 Å². The van der Waals surface area contributed by atoms with Crippen LogP contribution in [0.1, 0.15) is 26.7 Å². The van der Waals surface area contributed by atoms with E-state index in [1.54, 1.807) is 0 Å². The molecular formula is C11H21NO3. The van der Waals surface area contributed by atoms with Gasteiger partial charge in [0.2, 0.25) is 0 Å². The van der Waals surface area contributed by atoms with E-state index in [-0.39, 0.29) is 12.5 Å². The smallest absolute Gasteiger partial charge is 0.306 e. The van der Waals surface area contributed by atoms with Gasteiger partial charge in [-0.3, -0.25) is 9.69 Å². The highest BCUT2D eigenvalue weighted by Gasteiger charge is 2.23. The van der Waals surface area contributed by atoms with Crippen molar-refractivity contribution in [3.05, 3.63) is 0 Å². The van der Waals surface area contributed by atoms with E-state index < -0.39 is 5.97 Å². The van der Waals surface area contributed by atoms with E-state index in [0.29, 0.717) is 12.5 Å². The van der Waals surface area contributed by atoms with Gasteiger partial charge in [-0.05, 0) is 5.92 Å². The molecule has 2 unspecified atom stereocenters. The molecule has 88 valence electrons. The number of rotatable bonds is 5. The molecule has 0 aromatic rings. The lowest BCUT2D eigenvalue weighted by Gasteiger charge is -2.33. The quantitative estimate of drug-likeness (QED) is 0.749. The Kier molecular flexibility index (Phi) is 5.05. The minimum Gasteiger partial charge on any atom is -0.481 e. The fourth-order valence-electron chi connectivity index (χ4n) is 1.83. The van der Waals surface area contributed by atoms with Crippen LogP contribution in [-0.4, -0.2) is 48.3 Å². The SMILES string of the molecule is CCC(C)CN1CCOC(CC(=O)O)C1. The number of carbonyl (C=O) groups is 1. The van der Waals surface area contributed by atoms with Crippen molar-refractivity contribution in [2.45, 2.75) is 32.8 Å². The Morgan fingerprint density at radius 2 is 2.40 bits per heavy atom. The summed E-state index contributed by atoms with van der Waals surface area (Å²) in [6, 6.07) is 0. The molecular weight excluding hydrogens is 194 g/mol. The summed E-state index contributed by atoms with van der Waals surface area (Å²) in [5, 5.41) is 8.68. The minimum absolute atomic E-state index is 0.122. The molecule has 0 bridgehead atoms. The number of aliphatic carboxylic acids is 1. The van der Waals surface area contributed by atoms with Crippen molar-refractivity contribution in [3.63, 3.8) is 0 Å². The van der Waals surface area contributed by atoms with E-state index in [1.165, 1.54) is 6.42 Å². The van der Waals surface area contributed by atoms with Gasteiger partial charge >= 0.3 is 5.97 Å². The highest BCUT2D eigenvalue weighted by atomic mass is 16.5. The molecule has 1 fully saturated rings. The lowest BCUT2D eigenvalue weighted by molar-refractivity contribution is -0.142. The summed E-state index contributed by atoms with van der Waals surface area (Å²) in [6.45, 7) is 7.81. The van der Waals surface area contributed by atoms with Crippen molar-refractivity contribution in [3.8, 4) is 0 Å². The van der Waals surface area contributed by atoms with Gasteiger partial charge in [-0.25, -0.2) is 0 Å². The molecule has 1 heterocycles. The predicted octanol–water partition coefficient (Wildman–Crippen LogP) is 1.21. The number of hydrogen-bond acceptors (Lipinski definition) is 3. The summed E-state index contributed by atoms with van der Waals surface area (Å²) in [4.78, 5) is 12.9. The molecule has 4 heteroatoms. The molecule has 0 spiro atoms. The van der Waals surface area contributed by atoms with Crippen LogP contribution in [0.2, 0.25) is 0 Å². The lowest BCUT2D eigenvalue weighted by atomic mass is 10.1. The van der Waals surface area contributed by atoms with E-state index in [4.69, 9.17) is 9.84 Å². The van der Waals surface area contributed by atoms with Crippen molar-refractivity contribution in [1.29, 1.82) is 0 Å². The Labute approximate surface area is 91.2 Å². The van der Waals surface area contributed by atoms with E-state index in [0.717, 1.165) is 19.6 Å². The van der Waals surface area contributed by atoms with Gasteiger partial charge in [-0.15, -0.1) is 0 Å². The van der Waals surface area contributed by atoms with Gasteiger partial charge < -0.3 is 9.84 Å². The number of hydrogen-bond donors (Lipinski definition) is 1. The number of carboxylic acids is 1. The van der Waals surface area contributed by atoms with Crippen LogP contribution in [0.25, 0.3) is 0 Å². The maximum absolute atomic E-state index is 10.6. The zero-order valence-corrected chi connectivity index (χ0v) is 9.61. The maximum Gasteiger partial charge on any atom is 0.306 e. The number of morpholine rings is 1. The molecule has 0 aliphatic carbocycles. The summed E-state index contributed by atoms with van der Waals surface area (Å²) in [5.74, 6) is -0.0982. The fourth-order valence-corrected chi connectivity index (χ4v) is 1.83. The zero-order valence-electron chi connectivity index (χ0n) is 9.61.